The lowest BCUT2D eigenvalue weighted by atomic mass is 10.0. The van der Waals surface area contributed by atoms with Crippen LogP contribution in [-0.4, -0.2) is 50.5 Å². The monoisotopic (exact) mass is 466 g/mol. The van der Waals surface area contributed by atoms with Gasteiger partial charge in [-0.2, -0.15) is 11.8 Å². The van der Waals surface area contributed by atoms with E-state index >= 15 is 0 Å². The van der Waals surface area contributed by atoms with Crippen molar-refractivity contribution in [3.8, 4) is 0 Å². The maximum Gasteiger partial charge on any atom is 0.340 e. The number of nitrogens with one attached hydrogen (secondary N) is 1. The van der Waals surface area contributed by atoms with Crippen LogP contribution in [0.15, 0.2) is 34.5 Å². The maximum atomic E-state index is 13.1. The van der Waals surface area contributed by atoms with Crippen LogP contribution in [0.1, 0.15) is 39.2 Å². The Hall–Kier alpha value is -1.39. The molecule has 3 heterocycles. The van der Waals surface area contributed by atoms with Gasteiger partial charge in [-0.3, -0.25) is 4.90 Å². The average Bonchev–Trinajstić information content (AvgIpc) is 3.18. The van der Waals surface area contributed by atoms with Crippen LogP contribution < -0.4 is 4.72 Å². The van der Waals surface area contributed by atoms with E-state index in [9.17, 15) is 13.2 Å². The van der Waals surface area contributed by atoms with Crippen molar-refractivity contribution in [2.24, 2.45) is 0 Å². The molecule has 4 rings (SSSR count). The van der Waals surface area contributed by atoms with Crippen molar-refractivity contribution in [1.29, 1.82) is 0 Å². The van der Waals surface area contributed by atoms with Gasteiger partial charge in [-0.1, -0.05) is 30.3 Å². The number of fused-ring (bicyclic) bond motifs is 1. The molecule has 1 fully saturated rings. The predicted molar refractivity (Wildman–Crippen MR) is 121 cm³/mol. The molecule has 1 saturated heterocycles. The molecule has 2 aliphatic rings. The molecule has 1 aromatic carbocycles. The highest BCUT2D eigenvalue weighted by Crippen LogP contribution is 2.38. The summed E-state index contributed by atoms with van der Waals surface area (Å²) in [5.41, 5.74) is 1.92. The molecule has 9 heteroatoms. The van der Waals surface area contributed by atoms with E-state index in [1.165, 1.54) is 42.8 Å². The number of ether oxygens (including phenoxy) is 1. The van der Waals surface area contributed by atoms with Gasteiger partial charge in [0.05, 0.1) is 12.7 Å². The minimum Gasteiger partial charge on any atom is -0.465 e. The number of methoxy groups -OCH3 is 1. The molecular formula is C21H26N2O4S3. The van der Waals surface area contributed by atoms with Gasteiger partial charge in [0.1, 0.15) is 4.21 Å². The zero-order valence-corrected chi connectivity index (χ0v) is 19.4. The minimum absolute atomic E-state index is 0.0799. The van der Waals surface area contributed by atoms with Gasteiger partial charge in [-0.05, 0) is 41.9 Å². The summed E-state index contributed by atoms with van der Waals surface area (Å²) in [6.45, 7) is 1.73. The molecule has 2 aliphatic heterocycles. The molecular weight excluding hydrogens is 440 g/mol. The molecule has 1 N–H and O–H groups in total. The van der Waals surface area contributed by atoms with Crippen LogP contribution in [-0.2, 0) is 34.3 Å². The smallest absolute Gasteiger partial charge is 0.340 e. The fourth-order valence-corrected chi connectivity index (χ4v) is 8.15. The van der Waals surface area contributed by atoms with Crippen LogP contribution >= 0.6 is 23.1 Å². The quantitative estimate of drug-likeness (QED) is 0.659. The molecule has 2 aromatic rings. The lowest BCUT2D eigenvalue weighted by Crippen LogP contribution is -2.41. The molecule has 0 spiro atoms. The Bertz CT molecular complexity index is 999. The normalized spacial score (nSPS) is 18.2. The number of thioether (sulfide) groups is 1. The van der Waals surface area contributed by atoms with Crippen molar-refractivity contribution in [3.63, 3.8) is 0 Å². The minimum atomic E-state index is -3.83. The Kier molecular flexibility index (Phi) is 6.84. The van der Waals surface area contributed by atoms with Gasteiger partial charge in [0.15, 0.2) is 0 Å². The second-order valence-electron chi connectivity index (χ2n) is 7.53. The number of carbonyl (C=O) groups excluding carboxylic acids is 1. The predicted octanol–water partition coefficient (Wildman–Crippen LogP) is 3.27. The highest BCUT2D eigenvalue weighted by molar-refractivity contribution is 7.99. The van der Waals surface area contributed by atoms with Crippen LogP contribution in [0.25, 0.3) is 0 Å². The summed E-state index contributed by atoms with van der Waals surface area (Å²) in [7, 11) is -2.53. The first-order valence-electron chi connectivity index (χ1n) is 10.1. The zero-order chi connectivity index (χ0) is 21.1. The number of hydrogen-bond acceptors (Lipinski definition) is 7. The molecule has 0 saturated carbocycles. The number of nitrogens with zero attached hydrogens (tertiary/aromatic N) is 1. The largest absolute Gasteiger partial charge is 0.465 e. The number of thiophene rings is 1. The van der Waals surface area contributed by atoms with Crippen molar-refractivity contribution in [2.75, 3.05) is 25.2 Å². The van der Waals surface area contributed by atoms with E-state index in [0.717, 1.165) is 22.5 Å². The Morgan fingerprint density at radius 3 is 2.67 bits per heavy atom. The van der Waals surface area contributed by atoms with Crippen molar-refractivity contribution in [1.82, 2.24) is 9.62 Å². The Labute approximate surface area is 186 Å². The molecule has 0 atom stereocenters. The standard InChI is InChI=1S/C21H26N2O4S3/c1-27-20(24)19-17-7-10-23(16-8-11-28-12-9-16)14-18(17)29-21(19)30(25,26)22-13-15-5-3-2-4-6-15/h2-6,16,22H,7-14H2,1H3. The molecule has 162 valence electrons. The van der Waals surface area contributed by atoms with E-state index in [2.05, 4.69) is 9.62 Å². The van der Waals surface area contributed by atoms with Crippen LogP contribution in [0.2, 0.25) is 0 Å². The first-order valence-corrected chi connectivity index (χ1v) is 13.5. The van der Waals surface area contributed by atoms with Crippen LogP contribution in [0.3, 0.4) is 0 Å². The van der Waals surface area contributed by atoms with Gasteiger partial charge in [-0.25, -0.2) is 17.9 Å². The van der Waals surface area contributed by atoms with E-state index in [1.807, 2.05) is 42.1 Å². The Balaban J connectivity index is 1.61. The van der Waals surface area contributed by atoms with E-state index in [-0.39, 0.29) is 16.3 Å². The highest BCUT2D eigenvalue weighted by atomic mass is 32.2. The summed E-state index contributed by atoms with van der Waals surface area (Å²) in [6, 6.07) is 9.89. The third kappa shape index (κ3) is 4.60. The number of hydrogen-bond donors (Lipinski definition) is 1. The summed E-state index contributed by atoms with van der Waals surface area (Å²) in [4.78, 5) is 16.0. The van der Waals surface area contributed by atoms with Gasteiger partial charge in [0, 0.05) is 30.6 Å². The second-order valence-corrected chi connectivity index (χ2v) is 11.8. The SMILES string of the molecule is COC(=O)c1c(S(=O)(=O)NCc2ccccc2)sc2c1CCN(C1CCSCC1)C2. The molecule has 0 aliphatic carbocycles. The number of rotatable bonds is 6. The lowest BCUT2D eigenvalue weighted by Gasteiger charge is -2.36. The van der Waals surface area contributed by atoms with Crippen LogP contribution in [0.4, 0.5) is 0 Å². The topological polar surface area (TPSA) is 75.7 Å². The molecule has 0 amide bonds. The zero-order valence-electron chi connectivity index (χ0n) is 16.9. The Morgan fingerprint density at radius 1 is 1.23 bits per heavy atom. The van der Waals surface area contributed by atoms with Crippen molar-refractivity contribution in [2.45, 2.75) is 42.6 Å². The van der Waals surface area contributed by atoms with Gasteiger partial charge in [0.25, 0.3) is 10.0 Å². The third-order valence-electron chi connectivity index (χ3n) is 5.70. The summed E-state index contributed by atoms with van der Waals surface area (Å²) < 4.78 is 33.9. The summed E-state index contributed by atoms with van der Waals surface area (Å²) in [5, 5.41) is 0. The second kappa shape index (κ2) is 9.40. The molecule has 30 heavy (non-hydrogen) atoms. The highest BCUT2D eigenvalue weighted by Gasteiger charge is 2.35. The summed E-state index contributed by atoms with van der Waals surface area (Å²) >= 11 is 3.21. The summed E-state index contributed by atoms with van der Waals surface area (Å²) in [6.07, 6.45) is 3.01. The van der Waals surface area contributed by atoms with Crippen molar-refractivity contribution in [3.05, 3.63) is 51.9 Å². The average molecular weight is 467 g/mol. The molecule has 1 aromatic heterocycles. The first kappa shape index (κ1) is 21.8. The van der Waals surface area contributed by atoms with Crippen molar-refractivity contribution < 1.29 is 17.9 Å². The third-order valence-corrected chi connectivity index (χ3v) is 9.89. The van der Waals surface area contributed by atoms with Crippen LogP contribution in [0.5, 0.6) is 0 Å². The summed E-state index contributed by atoms with van der Waals surface area (Å²) in [5.74, 6) is 1.78. The molecule has 0 bridgehead atoms. The Morgan fingerprint density at radius 2 is 1.97 bits per heavy atom. The fraction of sp³-hybridized carbons (Fsp3) is 0.476. The maximum absolute atomic E-state index is 13.1. The fourth-order valence-electron chi connectivity index (χ4n) is 4.10. The van der Waals surface area contributed by atoms with E-state index in [4.69, 9.17) is 4.74 Å². The lowest BCUT2D eigenvalue weighted by molar-refractivity contribution is 0.0595. The number of benzene rings is 1. The number of sulfonamides is 1. The van der Waals surface area contributed by atoms with Gasteiger partial charge in [0.2, 0.25) is 0 Å². The van der Waals surface area contributed by atoms with E-state index < -0.39 is 16.0 Å². The van der Waals surface area contributed by atoms with Gasteiger partial charge in [-0.15, -0.1) is 11.3 Å². The first-order chi connectivity index (χ1) is 14.5. The number of carbonyl (C=O) groups is 1. The molecule has 0 unspecified atom stereocenters. The molecule has 6 nitrogen and oxygen atoms in total. The van der Waals surface area contributed by atoms with Gasteiger partial charge < -0.3 is 4.74 Å². The van der Waals surface area contributed by atoms with Gasteiger partial charge >= 0.3 is 5.97 Å². The molecule has 0 radical (unpaired) electrons. The number of esters is 1. The van der Waals surface area contributed by atoms with E-state index in [1.54, 1.807) is 0 Å². The van der Waals surface area contributed by atoms with Crippen molar-refractivity contribution >= 4 is 39.1 Å². The van der Waals surface area contributed by atoms with E-state index in [0.29, 0.717) is 19.0 Å². The van der Waals surface area contributed by atoms with Crippen LogP contribution in [0, 0.1) is 0 Å².